The van der Waals surface area contributed by atoms with Crippen molar-refractivity contribution in [3.8, 4) is 11.4 Å². The number of ketones is 1. The Morgan fingerprint density at radius 3 is 2.33 bits per heavy atom. The summed E-state index contributed by atoms with van der Waals surface area (Å²) < 4.78 is 29.5. The van der Waals surface area contributed by atoms with Crippen molar-refractivity contribution in [2.24, 2.45) is 0 Å². The molecule has 1 atom stereocenters. The molecule has 4 aromatic rings. The molecule has 2 N–H and O–H groups in total. The highest BCUT2D eigenvalue weighted by atomic mass is 19.1. The van der Waals surface area contributed by atoms with Crippen LogP contribution in [0.3, 0.4) is 0 Å². The normalized spacial score (nSPS) is 11.6. The van der Waals surface area contributed by atoms with E-state index in [2.05, 4.69) is 15.6 Å². The van der Waals surface area contributed by atoms with Crippen LogP contribution in [-0.2, 0) is 11.3 Å². The molecule has 0 aliphatic rings. The minimum Gasteiger partial charge on any atom is -0.345 e. The summed E-state index contributed by atoms with van der Waals surface area (Å²) in [6, 6.07) is 13.0. The van der Waals surface area contributed by atoms with Crippen LogP contribution in [0.4, 0.5) is 14.5 Å². The molecule has 1 heterocycles. The van der Waals surface area contributed by atoms with E-state index in [1.807, 2.05) is 0 Å². The number of amides is 2. The summed E-state index contributed by atoms with van der Waals surface area (Å²) in [5.74, 6) is -2.29. The molecule has 1 aromatic heterocycles. The van der Waals surface area contributed by atoms with Crippen molar-refractivity contribution < 1.29 is 23.2 Å². The Balaban J connectivity index is 1.86. The predicted octanol–water partition coefficient (Wildman–Crippen LogP) is 4.02. The maximum absolute atomic E-state index is 14.8. The van der Waals surface area contributed by atoms with Gasteiger partial charge in [-0.15, -0.1) is 0 Å². The molecule has 0 spiro atoms. The largest absolute Gasteiger partial charge is 0.345 e. The van der Waals surface area contributed by atoms with Crippen LogP contribution >= 0.6 is 0 Å². The number of hydrogen-bond acceptors (Lipinski definition) is 6. The molecule has 11 heteroatoms. The molecule has 43 heavy (non-hydrogen) atoms. The number of rotatable bonds is 9. The number of likely N-dealkylation sites (N-methyl/N-ethyl adjacent to an activating group) is 1. The van der Waals surface area contributed by atoms with Gasteiger partial charge in [0.1, 0.15) is 23.1 Å². The fourth-order valence-corrected chi connectivity index (χ4v) is 4.49. The number of halogens is 2. The van der Waals surface area contributed by atoms with Gasteiger partial charge in [-0.3, -0.25) is 23.7 Å². The lowest BCUT2D eigenvalue weighted by molar-refractivity contribution is -0.117. The Morgan fingerprint density at radius 2 is 1.67 bits per heavy atom. The molecular formula is C32H31F2N5O4. The quantitative estimate of drug-likeness (QED) is 0.286. The van der Waals surface area contributed by atoms with Crippen LogP contribution in [0.1, 0.15) is 44.3 Å². The van der Waals surface area contributed by atoms with Crippen molar-refractivity contribution >= 4 is 23.3 Å². The molecule has 0 aliphatic carbocycles. The van der Waals surface area contributed by atoms with Crippen molar-refractivity contribution in [1.82, 2.24) is 19.8 Å². The molecule has 2 amide bonds. The fraction of sp³-hybridized carbons (Fsp3) is 0.219. The maximum Gasteiger partial charge on any atom is 0.277 e. The fourth-order valence-electron chi connectivity index (χ4n) is 4.49. The lowest BCUT2D eigenvalue weighted by Crippen LogP contribution is -2.38. The second-order valence-electron chi connectivity index (χ2n) is 10.2. The SMILES string of the molecule is CN[C@@H](C)C(=O)Nc1cnc(-c2cccc(C(=O)N(C)C)c2C)n(Cc2cc(F)cc(C(=O)c3ccc(F)cc3)c2)c1=O. The number of nitrogens with one attached hydrogen (secondary N) is 2. The number of anilines is 1. The first kappa shape index (κ1) is 30.9. The molecular weight excluding hydrogens is 556 g/mol. The third-order valence-electron chi connectivity index (χ3n) is 7.01. The zero-order valence-corrected chi connectivity index (χ0v) is 24.4. The first-order valence-corrected chi connectivity index (χ1v) is 13.4. The summed E-state index contributed by atoms with van der Waals surface area (Å²) >= 11 is 0. The van der Waals surface area contributed by atoms with Gasteiger partial charge in [-0.05, 0) is 80.6 Å². The summed E-state index contributed by atoms with van der Waals surface area (Å²) in [6.45, 7) is 3.13. The van der Waals surface area contributed by atoms with Crippen LogP contribution in [0, 0.1) is 18.6 Å². The van der Waals surface area contributed by atoms with Gasteiger partial charge in [-0.1, -0.05) is 12.1 Å². The number of carbonyl (C=O) groups is 3. The molecule has 222 valence electrons. The molecule has 0 saturated heterocycles. The van der Waals surface area contributed by atoms with Crippen molar-refractivity contribution in [1.29, 1.82) is 0 Å². The van der Waals surface area contributed by atoms with Gasteiger partial charge in [0.05, 0.1) is 18.8 Å². The van der Waals surface area contributed by atoms with Crippen LogP contribution in [0.5, 0.6) is 0 Å². The number of nitrogens with zero attached hydrogens (tertiary/aromatic N) is 3. The number of carbonyl (C=O) groups excluding carboxylic acids is 3. The van der Waals surface area contributed by atoms with Crippen molar-refractivity contribution in [3.63, 3.8) is 0 Å². The third kappa shape index (κ3) is 6.73. The standard InChI is InChI=1S/C32H31F2N5O4/c1-18-25(7-6-8-26(18)31(42)38(4)5)29-36-16-27(37-30(41)19(2)35-3)32(43)39(29)17-20-13-22(15-24(34)14-20)28(40)21-9-11-23(33)12-10-21/h6-16,19,35H,17H2,1-5H3,(H,37,41)/t19-/m0/s1. The van der Waals surface area contributed by atoms with Gasteiger partial charge in [-0.25, -0.2) is 13.8 Å². The summed E-state index contributed by atoms with van der Waals surface area (Å²) in [5, 5.41) is 5.37. The van der Waals surface area contributed by atoms with Crippen LogP contribution in [-0.4, -0.2) is 59.2 Å². The second kappa shape index (κ2) is 12.9. The summed E-state index contributed by atoms with van der Waals surface area (Å²) in [4.78, 5) is 58.2. The molecule has 9 nitrogen and oxygen atoms in total. The van der Waals surface area contributed by atoms with Gasteiger partial charge < -0.3 is 15.5 Å². The monoisotopic (exact) mass is 587 g/mol. The smallest absolute Gasteiger partial charge is 0.277 e. The molecule has 3 aromatic carbocycles. The Kier molecular flexibility index (Phi) is 9.25. The summed E-state index contributed by atoms with van der Waals surface area (Å²) in [7, 11) is 4.85. The molecule has 0 aliphatic heterocycles. The number of hydrogen-bond donors (Lipinski definition) is 2. The molecule has 0 radical (unpaired) electrons. The molecule has 0 unspecified atom stereocenters. The van der Waals surface area contributed by atoms with Gasteiger partial charge in [0.25, 0.3) is 11.5 Å². The minimum atomic E-state index is -0.715. The number of aromatic nitrogens is 2. The van der Waals surface area contributed by atoms with Crippen molar-refractivity contribution in [3.05, 3.63) is 117 Å². The predicted molar refractivity (Wildman–Crippen MR) is 159 cm³/mol. The zero-order chi connectivity index (χ0) is 31.4. The number of benzene rings is 3. The third-order valence-corrected chi connectivity index (χ3v) is 7.01. The Morgan fingerprint density at radius 1 is 0.977 bits per heavy atom. The molecule has 0 saturated carbocycles. The first-order valence-electron chi connectivity index (χ1n) is 13.4. The summed E-state index contributed by atoms with van der Waals surface area (Å²) in [5.41, 5.74) is 1.15. The average Bonchev–Trinajstić information content (AvgIpc) is 2.98. The topological polar surface area (TPSA) is 113 Å². The van der Waals surface area contributed by atoms with E-state index in [9.17, 15) is 28.0 Å². The van der Waals surface area contributed by atoms with Crippen LogP contribution < -0.4 is 16.2 Å². The lowest BCUT2D eigenvalue weighted by Gasteiger charge is -2.19. The van der Waals surface area contributed by atoms with Gasteiger partial charge >= 0.3 is 0 Å². The molecule has 0 bridgehead atoms. The molecule has 4 rings (SSSR count). The van der Waals surface area contributed by atoms with E-state index in [-0.39, 0.29) is 40.7 Å². The maximum atomic E-state index is 14.8. The Bertz CT molecular complexity index is 1770. The average molecular weight is 588 g/mol. The van der Waals surface area contributed by atoms with E-state index >= 15 is 0 Å². The van der Waals surface area contributed by atoms with E-state index in [0.717, 1.165) is 18.2 Å². The van der Waals surface area contributed by atoms with E-state index in [0.29, 0.717) is 16.7 Å². The van der Waals surface area contributed by atoms with Crippen molar-refractivity contribution in [2.45, 2.75) is 26.4 Å². The van der Waals surface area contributed by atoms with Crippen LogP contribution in [0.25, 0.3) is 11.4 Å². The van der Waals surface area contributed by atoms with Crippen LogP contribution in [0.2, 0.25) is 0 Å². The van der Waals surface area contributed by atoms with Crippen LogP contribution in [0.15, 0.2) is 71.7 Å². The van der Waals surface area contributed by atoms with Gasteiger partial charge in [-0.2, -0.15) is 0 Å². The van der Waals surface area contributed by atoms with Gasteiger partial charge in [0.2, 0.25) is 5.91 Å². The van der Waals surface area contributed by atoms with E-state index in [1.165, 1.54) is 39.9 Å². The highest BCUT2D eigenvalue weighted by Gasteiger charge is 2.21. The van der Waals surface area contributed by atoms with Gasteiger partial charge in [0, 0.05) is 36.3 Å². The molecule has 0 fully saturated rings. The van der Waals surface area contributed by atoms with Gasteiger partial charge in [0.15, 0.2) is 5.78 Å². The highest BCUT2D eigenvalue weighted by molar-refractivity contribution is 6.09. The highest BCUT2D eigenvalue weighted by Crippen LogP contribution is 2.26. The van der Waals surface area contributed by atoms with E-state index < -0.39 is 34.9 Å². The summed E-state index contributed by atoms with van der Waals surface area (Å²) in [6.07, 6.45) is 1.24. The Hall–Kier alpha value is -5.03. The van der Waals surface area contributed by atoms with E-state index in [4.69, 9.17) is 0 Å². The zero-order valence-electron chi connectivity index (χ0n) is 24.4. The Labute approximate surface area is 247 Å². The first-order chi connectivity index (χ1) is 20.4. The minimum absolute atomic E-state index is 0.00577. The second-order valence-corrected chi connectivity index (χ2v) is 10.2. The van der Waals surface area contributed by atoms with E-state index in [1.54, 1.807) is 53.2 Å². The lowest BCUT2D eigenvalue weighted by atomic mass is 9.99. The van der Waals surface area contributed by atoms with Crippen molar-refractivity contribution in [2.75, 3.05) is 26.5 Å².